The molecule has 0 aromatic heterocycles. The molecule has 56 valence electrons. The molecule has 0 saturated heterocycles. The van der Waals surface area contributed by atoms with Gasteiger partial charge in [0.1, 0.15) is 12.4 Å². The second-order valence-corrected chi connectivity index (χ2v) is 2.10. The van der Waals surface area contributed by atoms with Gasteiger partial charge in [-0.05, 0) is 13.0 Å². The predicted octanol–water partition coefficient (Wildman–Crippen LogP) is -0.404. The predicted molar refractivity (Wildman–Crippen MR) is 37.3 cm³/mol. The van der Waals surface area contributed by atoms with E-state index in [-0.39, 0.29) is 18.7 Å². The summed E-state index contributed by atoms with van der Waals surface area (Å²) in [7, 11) is 0. The fourth-order valence-corrected chi connectivity index (χ4v) is 0.787. The van der Waals surface area contributed by atoms with Gasteiger partial charge in [-0.1, -0.05) is 0 Å². The van der Waals surface area contributed by atoms with Gasteiger partial charge in [0.15, 0.2) is 0 Å². The minimum atomic E-state index is -0.124. The van der Waals surface area contributed by atoms with Gasteiger partial charge in [-0.15, -0.1) is 0 Å². The van der Waals surface area contributed by atoms with Crippen molar-refractivity contribution in [1.82, 2.24) is 0 Å². The van der Waals surface area contributed by atoms with Crippen molar-refractivity contribution in [3.05, 3.63) is 11.8 Å². The number of amidine groups is 1. The molecule has 0 spiro atoms. The number of aliphatic hydroxyl groups excluding tert-OH is 1. The molecule has 1 atom stereocenters. The number of aliphatic hydroxyl groups is 1. The van der Waals surface area contributed by atoms with Crippen LogP contribution in [0, 0.1) is 0 Å². The maximum atomic E-state index is 8.62. The Balaban J connectivity index is 2.65. The molecule has 4 nitrogen and oxygen atoms in total. The number of nitrogens with zero attached hydrogens (tertiary/aromatic N) is 1. The van der Waals surface area contributed by atoms with E-state index in [1.54, 1.807) is 6.08 Å². The number of hydrogen-bond acceptors (Lipinski definition) is 4. The van der Waals surface area contributed by atoms with E-state index in [1.807, 2.05) is 6.92 Å². The highest BCUT2D eigenvalue weighted by Crippen LogP contribution is 2.06. The minimum Gasteiger partial charge on any atom is -0.429 e. The first-order valence-electron chi connectivity index (χ1n) is 3.05. The summed E-state index contributed by atoms with van der Waals surface area (Å²) in [5.41, 5.74) is 5.27. The van der Waals surface area contributed by atoms with Gasteiger partial charge in [-0.3, -0.25) is 0 Å². The van der Waals surface area contributed by atoms with E-state index in [1.165, 1.54) is 0 Å². The summed E-state index contributed by atoms with van der Waals surface area (Å²) in [5, 5.41) is 8.62. The highest BCUT2D eigenvalue weighted by Gasteiger charge is 2.09. The summed E-state index contributed by atoms with van der Waals surface area (Å²) in [6.07, 6.45) is 1.72. The van der Waals surface area contributed by atoms with Crippen LogP contribution in [0.5, 0.6) is 0 Å². The van der Waals surface area contributed by atoms with Crippen molar-refractivity contribution >= 4 is 6.02 Å². The summed E-state index contributed by atoms with van der Waals surface area (Å²) < 4.78 is 4.84. The maximum absolute atomic E-state index is 8.62. The molecule has 1 aliphatic rings. The van der Waals surface area contributed by atoms with Crippen molar-refractivity contribution in [3.63, 3.8) is 0 Å². The minimum absolute atomic E-state index is 0.0101. The lowest BCUT2D eigenvalue weighted by molar-refractivity contribution is 0.249. The van der Waals surface area contributed by atoms with Crippen molar-refractivity contribution in [2.24, 2.45) is 10.7 Å². The highest BCUT2D eigenvalue weighted by atomic mass is 16.5. The van der Waals surface area contributed by atoms with Gasteiger partial charge in [0, 0.05) is 0 Å². The van der Waals surface area contributed by atoms with Gasteiger partial charge in [0.2, 0.25) is 0 Å². The van der Waals surface area contributed by atoms with Crippen molar-refractivity contribution < 1.29 is 9.84 Å². The largest absolute Gasteiger partial charge is 0.429 e. The average Bonchev–Trinajstić information content (AvgIpc) is 1.85. The number of hydrogen-bond donors (Lipinski definition) is 2. The van der Waals surface area contributed by atoms with Crippen LogP contribution in [-0.4, -0.2) is 23.8 Å². The van der Waals surface area contributed by atoms with E-state index in [9.17, 15) is 0 Å². The van der Waals surface area contributed by atoms with Crippen LogP contribution in [0.25, 0.3) is 0 Å². The normalized spacial score (nSPS) is 24.8. The molecule has 1 aliphatic heterocycles. The molecule has 0 radical (unpaired) electrons. The Morgan fingerprint density at radius 2 is 2.60 bits per heavy atom. The van der Waals surface area contributed by atoms with E-state index in [0.29, 0.717) is 5.76 Å². The molecular weight excluding hydrogens is 132 g/mol. The molecule has 3 N–H and O–H groups in total. The first-order chi connectivity index (χ1) is 4.72. The quantitative estimate of drug-likeness (QED) is 0.523. The van der Waals surface area contributed by atoms with Crippen LogP contribution in [0.2, 0.25) is 0 Å². The molecule has 0 fully saturated rings. The van der Waals surface area contributed by atoms with Crippen LogP contribution in [0.4, 0.5) is 0 Å². The van der Waals surface area contributed by atoms with Gasteiger partial charge in [0.05, 0.1) is 6.04 Å². The molecule has 1 heterocycles. The summed E-state index contributed by atoms with van der Waals surface area (Å²) in [6, 6.07) is 0.134. The molecule has 0 aliphatic carbocycles. The third-order valence-corrected chi connectivity index (χ3v) is 1.15. The van der Waals surface area contributed by atoms with Crippen LogP contribution in [0.15, 0.2) is 16.8 Å². The zero-order chi connectivity index (χ0) is 7.56. The van der Waals surface area contributed by atoms with Crippen LogP contribution in [0.1, 0.15) is 6.92 Å². The third kappa shape index (κ3) is 1.48. The molecular formula is C6H10N2O2. The Labute approximate surface area is 59.0 Å². The monoisotopic (exact) mass is 142 g/mol. The molecule has 10 heavy (non-hydrogen) atoms. The maximum Gasteiger partial charge on any atom is 0.287 e. The van der Waals surface area contributed by atoms with Crippen LogP contribution >= 0.6 is 0 Å². The van der Waals surface area contributed by atoms with E-state index in [0.717, 1.165) is 0 Å². The molecule has 0 aromatic carbocycles. The molecule has 0 bridgehead atoms. The first-order valence-corrected chi connectivity index (χ1v) is 3.05. The zero-order valence-corrected chi connectivity index (χ0v) is 5.74. The van der Waals surface area contributed by atoms with Gasteiger partial charge in [-0.25, -0.2) is 4.99 Å². The highest BCUT2D eigenvalue weighted by molar-refractivity contribution is 5.73. The van der Waals surface area contributed by atoms with Gasteiger partial charge in [0.25, 0.3) is 6.02 Å². The fourth-order valence-electron chi connectivity index (χ4n) is 0.787. The SMILES string of the molecule is C[C@H]1C=C(CO)OC(N)=N1. The zero-order valence-electron chi connectivity index (χ0n) is 5.74. The van der Waals surface area contributed by atoms with E-state index < -0.39 is 0 Å². The van der Waals surface area contributed by atoms with Crippen molar-refractivity contribution in [2.75, 3.05) is 6.61 Å². The van der Waals surface area contributed by atoms with Crippen LogP contribution in [0.3, 0.4) is 0 Å². The van der Waals surface area contributed by atoms with Gasteiger partial charge >= 0.3 is 0 Å². The Kier molecular flexibility index (Phi) is 1.91. The summed E-state index contributed by atoms with van der Waals surface area (Å²) >= 11 is 0. The number of nitrogens with two attached hydrogens (primary N) is 1. The second kappa shape index (κ2) is 2.70. The molecule has 1 rings (SSSR count). The van der Waals surface area contributed by atoms with Crippen LogP contribution in [-0.2, 0) is 4.74 Å². The van der Waals surface area contributed by atoms with Crippen LogP contribution < -0.4 is 5.73 Å². The third-order valence-electron chi connectivity index (χ3n) is 1.15. The molecule has 0 aromatic rings. The van der Waals surface area contributed by atoms with Gasteiger partial charge in [-0.2, -0.15) is 0 Å². The number of aliphatic imine (C=N–C) groups is 1. The number of rotatable bonds is 1. The molecule has 0 unspecified atom stereocenters. The van der Waals surface area contributed by atoms with E-state index in [2.05, 4.69) is 4.99 Å². The Morgan fingerprint density at radius 1 is 1.90 bits per heavy atom. The Morgan fingerprint density at radius 3 is 3.10 bits per heavy atom. The standard InChI is InChI=1S/C6H10N2O2/c1-4-2-5(3-9)10-6(7)8-4/h2,4,9H,3H2,1H3,(H2,7,8)/t4-/m0/s1. The van der Waals surface area contributed by atoms with Crippen molar-refractivity contribution in [3.8, 4) is 0 Å². The lowest BCUT2D eigenvalue weighted by Crippen LogP contribution is -2.23. The molecule has 0 saturated carbocycles. The Bertz CT molecular complexity index is 186. The van der Waals surface area contributed by atoms with Crippen molar-refractivity contribution in [1.29, 1.82) is 0 Å². The summed E-state index contributed by atoms with van der Waals surface area (Å²) in [5.74, 6) is 0.472. The Hall–Kier alpha value is -1.03. The molecule has 4 heteroatoms. The second-order valence-electron chi connectivity index (χ2n) is 2.10. The lowest BCUT2D eigenvalue weighted by atomic mass is 10.3. The first kappa shape index (κ1) is 7.08. The number of ether oxygens (including phenoxy) is 1. The lowest BCUT2D eigenvalue weighted by Gasteiger charge is -2.13. The van der Waals surface area contributed by atoms with E-state index in [4.69, 9.17) is 15.6 Å². The summed E-state index contributed by atoms with van der Waals surface area (Å²) in [4.78, 5) is 3.87. The van der Waals surface area contributed by atoms with Gasteiger partial charge < -0.3 is 15.6 Å². The molecule has 0 amide bonds. The fraction of sp³-hybridized carbons (Fsp3) is 0.500. The topological polar surface area (TPSA) is 67.8 Å². The van der Waals surface area contributed by atoms with E-state index >= 15 is 0 Å². The summed E-state index contributed by atoms with van der Waals surface area (Å²) in [6.45, 7) is 1.74. The van der Waals surface area contributed by atoms with Crippen molar-refractivity contribution in [2.45, 2.75) is 13.0 Å². The average molecular weight is 142 g/mol. The smallest absolute Gasteiger partial charge is 0.287 e.